The van der Waals surface area contributed by atoms with Gasteiger partial charge in [0, 0.05) is 50.3 Å². The van der Waals surface area contributed by atoms with Gasteiger partial charge in [-0.2, -0.15) is 4.58 Å². The molecule has 3 aromatic rings. The van der Waals surface area contributed by atoms with Crippen LogP contribution in [0.2, 0.25) is 0 Å². The number of benzene rings is 2. The Bertz CT molecular complexity index is 1460. The maximum atomic E-state index is 13.8. The van der Waals surface area contributed by atoms with E-state index in [1.54, 1.807) is 35.1 Å². The summed E-state index contributed by atoms with van der Waals surface area (Å²) in [5.41, 5.74) is 2.16. The number of sulfonamides is 1. The Kier molecular flexibility index (Phi) is 6.31. The van der Waals surface area contributed by atoms with Gasteiger partial charge in [-0.3, -0.25) is 14.3 Å². The molecule has 1 unspecified atom stereocenters. The molecule has 1 N–H and O–H groups in total. The minimum absolute atomic E-state index is 0. The first-order chi connectivity index (χ1) is 17.2. The van der Waals surface area contributed by atoms with Crippen molar-refractivity contribution in [3.63, 3.8) is 0 Å². The van der Waals surface area contributed by atoms with Crippen LogP contribution in [0, 0.1) is 5.82 Å². The van der Waals surface area contributed by atoms with E-state index in [9.17, 15) is 22.4 Å². The van der Waals surface area contributed by atoms with Crippen LogP contribution in [0.15, 0.2) is 58.9 Å². The fourth-order valence-electron chi connectivity index (χ4n) is 4.38. The highest BCUT2D eigenvalue weighted by atomic mass is 32.2. The first kappa shape index (κ1) is 24.1. The van der Waals surface area contributed by atoms with Crippen molar-refractivity contribution in [1.29, 1.82) is 0 Å². The number of aromatic nitrogens is 1. The molecule has 5 rings (SSSR count). The van der Waals surface area contributed by atoms with Gasteiger partial charge in [0.1, 0.15) is 12.4 Å². The summed E-state index contributed by atoms with van der Waals surface area (Å²) in [6, 6.07) is 9.95. The minimum atomic E-state index is -3.80. The van der Waals surface area contributed by atoms with E-state index >= 15 is 0 Å². The van der Waals surface area contributed by atoms with Gasteiger partial charge in [0.25, 0.3) is 15.9 Å². The van der Waals surface area contributed by atoms with Crippen LogP contribution >= 0.6 is 11.3 Å². The van der Waals surface area contributed by atoms with Crippen molar-refractivity contribution in [2.75, 3.05) is 29.3 Å². The number of amides is 2. The molecule has 12 heteroatoms. The molecule has 3 heterocycles. The van der Waals surface area contributed by atoms with Crippen LogP contribution in [0.1, 0.15) is 13.9 Å². The summed E-state index contributed by atoms with van der Waals surface area (Å²) in [5, 5.41) is 1.93. The lowest BCUT2D eigenvalue weighted by atomic mass is 10.1. The number of carbonyl (C=O) groups is 2. The second-order valence-corrected chi connectivity index (χ2v) is 11.1. The number of hydrogen-bond acceptors (Lipinski definition) is 6. The van der Waals surface area contributed by atoms with Crippen molar-refractivity contribution in [1.82, 2.24) is 9.88 Å². The molecule has 9 nitrogen and oxygen atoms in total. The lowest BCUT2D eigenvalue weighted by Gasteiger charge is -2.34. The third kappa shape index (κ3) is 4.61. The summed E-state index contributed by atoms with van der Waals surface area (Å²) < 4.78 is 43.0. The fourth-order valence-corrected chi connectivity index (χ4v) is 6.17. The Labute approximate surface area is 213 Å². The smallest absolute Gasteiger partial charge is 0.291 e. The highest BCUT2D eigenvalue weighted by Gasteiger charge is 2.37. The summed E-state index contributed by atoms with van der Waals surface area (Å²) in [6.45, 7) is 2.24. The van der Waals surface area contributed by atoms with Gasteiger partial charge < -0.3 is 9.80 Å². The van der Waals surface area contributed by atoms with Crippen LogP contribution in [-0.4, -0.2) is 66.6 Å². The summed E-state index contributed by atoms with van der Waals surface area (Å²) in [6.07, 6.45) is 3.99. The van der Waals surface area contributed by atoms with E-state index in [1.807, 2.05) is 6.21 Å². The van der Waals surface area contributed by atoms with Crippen LogP contribution in [0.3, 0.4) is 0 Å². The van der Waals surface area contributed by atoms with Crippen LogP contribution in [0.25, 0.3) is 0 Å². The first-order valence-corrected chi connectivity index (χ1v) is 13.6. The molecular formula is C24H25FN5O4S2+. The molecule has 1 atom stereocenters. The number of hydrogen-bond donors (Lipinski definition) is 1. The molecule has 2 amide bonds. The maximum absolute atomic E-state index is 13.8. The second kappa shape index (κ2) is 9.43. The van der Waals surface area contributed by atoms with Gasteiger partial charge >= 0.3 is 0 Å². The molecule has 0 aliphatic carbocycles. The molecule has 2 aromatic carbocycles. The van der Waals surface area contributed by atoms with E-state index in [0.717, 1.165) is 5.56 Å². The molecule has 0 saturated carbocycles. The van der Waals surface area contributed by atoms with Gasteiger partial charge in [-0.1, -0.05) is 0 Å². The largest absolute Gasteiger partial charge is 0.326 e. The Hall–Kier alpha value is -3.64. The molecule has 0 bridgehead atoms. The van der Waals surface area contributed by atoms with Crippen LogP contribution < -0.4 is 9.62 Å². The Morgan fingerprint density at radius 1 is 1.22 bits per heavy atom. The van der Waals surface area contributed by atoms with E-state index in [0.29, 0.717) is 24.3 Å². The van der Waals surface area contributed by atoms with E-state index in [-0.39, 0.29) is 42.2 Å². The van der Waals surface area contributed by atoms with Crippen LogP contribution in [0.5, 0.6) is 0 Å². The summed E-state index contributed by atoms with van der Waals surface area (Å²) >= 11 is 1.17. The van der Waals surface area contributed by atoms with Gasteiger partial charge in [-0.25, -0.2) is 17.8 Å². The molecule has 36 heavy (non-hydrogen) atoms. The molecule has 1 fully saturated rings. The zero-order chi connectivity index (χ0) is 25.4. The third-order valence-electron chi connectivity index (χ3n) is 6.25. The minimum Gasteiger partial charge on any atom is -0.326 e. The average molecular weight is 531 g/mol. The van der Waals surface area contributed by atoms with Gasteiger partial charge in [-0.15, -0.1) is 11.3 Å². The van der Waals surface area contributed by atoms with Crippen molar-refractivity contribution < 1.29 is 28.4 Å². The van der Waals surface area contributed by atoms with Gasteiger partial charge in [0.15, 0.2) is 11.3 Å². The standard InChI is InChI=1S/C24H23FN5O4S2.H2/c1-16(29-10-8-17-2-3-18(25)14-21(17)29)23(32)28-11-12-30(22(31)15-28)19-4-6-20(7-5-19)36(33,34)27-24-26-9-13-35-24;/h2-7,9-10,13-14,16H,8,11-12,15H2,1H3,(H,26,27);1H/q+1;. The number of carbonyl (C=O) groups excluding carboxylic acids is 2. The number of nitrogens with zero attached hydrogens (tertiary/aromatic N) is 4. The van der Waals surface area contributed by atoms with Crippen LogP contribution in [-0.2, 0) is 26.0 Å². The number of fused-ring (bicyclic) bond motifs is 1. The summed E-state index contributed by atoms with van der Waals surface area (Å²) in [7, 11) is -3.80. The number of anilines is 2. The van der Waals surface area contributed by atoms with E-state index in [4.69, 9.17) is 0 Å². The number of thiazole rings is 1. The first-order valence-electron chi connectivity index (χ1n) is 11.2. The van der Waals surface area contributed by atoms with Gasteiger partial charge in [0.05, 0.1) is 11.3 Å². The summed E-state index contributed by atoms with van der Waals surface area (Å²) in [4.78, 5) is 33.1. The number of rotatable bonds is 6. The Morgan fingerprint density at radius 2 is 2.00 bits per heavy atom. The Morgan fingerprint density at radius 3 is 2.69 bits per heavy atom. The van der Waals surface area contributed by atoms with E-state index < -0.39 is 16.1 Å². The topological polar surface area (TPSA) is 103 Å². The normalized spacial score (nSPS) is 16.5. The number of halogens is 1. The van der Waals surface area contributed by atoms with Crippen molar-refractivity contribution in [3.05, 3.63) is 65.4 Å². The van der Waals surface area contributed by atoms with Crippen molar-refractivity contribution in [2.45, 2.75) is 24.3 Å². The molecule has 0 radical (unpaired) electrons. The molecule has 1 saturated heterocycles. The molecule has 2 aliphatic heterocycles. The second-order valence-electron chi connectivity index (χ2n) is 8.48. The highest BCUT2D eigenvalue weighted by Crippen LogP contribution is 2.28. The van der Waals surface area contributed by atoms with E-state index in [1.165, 1.54) is 51.6 Å². The molecule has 2 aliphatic rings. The highest BCUT2D eigenvalue weighted by molar-refractivity contribution is 7.93. The quantitative estimate of drug-likeness (QED) is 0.494. The predicted octanol–water partition coefficient (Wildman–Crippen LogP) is 2.86. The third-order valence-corrected chi connectivity index (χ3v) is 8.43. The number of nitrogens with one attached hydrogen (secondary N) is 1. The van der Waals surface area contributed by atoms with Crippen molar-refractivity contribution in [2.24, 2.45) is 0 Å². The Balaban J connectivity index is 0.00000320. The predicted molar refractivity (Wildman–Crippen MR) is 136 cm³/mol. The summed E-state index contributed by atoms with van der Waals surface area (Å²) in [5.74, 6) is -0.850. The van der Waals surface area contributed by atoms with Gasteiger partial charge in [-0.05, 0) is 36.4 Å². The fraction of sp³-hybridized carbons (Fsp3) is 0.250. The molecular weight excluding hydrogens is 505 g/mol. The lowest BCUT2D eigenvalue weighted by Crippen LogP contribution is -2.55. The van der Waals surface area contributed by atoms with Crippen molar-refractivity contribution >= 4 is 55.9 Å². The molecule has 188 valence electrons. The average Bonchev–Trinajstić information content (AvgIpc) is 3.52. The zero-order valence-electron chi connectivity index (χ0n) is 19.3. The monoisotopic (exact) mass is 530 g/mol. The van der Waals surface area contributed by atoms with E-state index in [2.05, 4.69) is 9.71 Å². The van der Waals surface area contributed by atoms with Gasteiger partial charge in [0.2, 0.25) is 17.6 Å². The van der Waals surface area contributed by atoms with Crippen molar-refractivity contribution in [3.8, 4) is 0 Å². The lowest BCUT2D eigenvalue weighted by molar-refractivity contribution is -0.460. The molecule has 0 spiro atoms. The number of piperazine rings is 1. The molecule has 1 aromatic heterocycles. The maximum Gasteiger partial charge on any atom is 0.291 e. The zero-order valence-corrected chi connectivity index (χ0v) is 20.9. The van der Waals surface area contributed by atoms with Crippen LogP contribution in [0.4, 0.5) is 20.9 Å². The SMILES string of the molecule is CC(C(=O)N1CCN(c2ccc(S(=O)(=O)Nc3nccs3)cc2)C(=O)C1)[N+]1=CCc2ccc(F)cc21.[HH].